The third kappa shape index (κ3) is 3.34. The van der Waals surface area contributed by atoms with Crippen molar-refractivity contribution in [3.8, 4) is 0 Å². The molecule has 1 amide bonds. The summed E-state index contributed by atoms with van der Waals surface area (Å²) in [5.41, 5.74) is 0.332. The molecule has 0 aromatic rings. The summed E-state index contributed by atoms with van der Waals surface area (Å²) in [6.07, 6.45) is 8.44. The summed E-state index contributed by atoms with van der Waals surface area (Å²) in [4.78, 5) is 18.3. The van der Waals surface area contributed by atoms with Crippen LogP contribution in [-0.2, 0) is 9.53 Å². The zero-order valence-electron chi connectivity index (χ0n) is 16.0. The van der Waals surface area contributed by atoms with Gasteiger partial charge in [-0.25, -0.2) is 0 Å². The molecule has 0 radical (unpaired) electrons. The molecule has 6 nitrogen and oxygen atoms in total. The van der Waals surface area contributed by atoms with Crippen molar-refractivity contribution in [2.45, 2.75) is 70.1 Å². The minimum absolute atomic E-state index is 0. The maximum absolute atomic E-state index is 11.9. The molecule has 1 spiro atoms. The first kappa shape index (κ1) is 20.2. The van der Waals surface area contributed by atoms with Crippen LogP contribution in [0.4, 0.5) is 0 Å². The first-order valence-electron chi connectivity index (χ1n) is 10.1. The summed E-state index contributed by atoms with van der Waals surface area (Å²) in [6, 6.07) is 0.792. The van der Waals surface area contributed by atoms with E-state index < -0.39 is 0 Å². The minimum atomic E-state index is 0. The van der Waals surface area contributed by atoms with Crippen molar-refractivity contribution in [2.24, 2.45) is 16.3 Å². The second kappa shape index (κ2) is 8.20. The summed E-state index contributed by atoms with van der Waals surface area (Å²) in [7, 11) is 1.85. The van der Waals surface area contributed by atoms with Gasteiger partial charge in [-0.05, 0) is 25.7 Å². The number of nitrogens with zero attached hydrogens (tertiary/aromatic N) is 2. The van der Waals surface area contributed by atoms with Crippen LogP contribution in [0.25, 0.3) is 0 Å². The minimum Gasteiger partial charge on any atom is -0.377 e. The first-order valence-corrected chi connectivity index (χ1v) is 10.1. The quantitative estimate of drug-likeness (QED) is 0.372. The highest BCUT2D eigenvalue weighted by Crippen LogP contribution is 2.60. The van der Waals surface area contributed by atoms with Crippen LogP contribution in [0.1, 0.15) is 51.9 Å². The van der Waals surface area contributed by atoms with E-state index in [1.807, 2.05) is 18.9 Å². The molecule has 7 heteroatoms. The number of fused-ring (bicyclic) bond motifs is 2. The molecule has 4 unspecified atom stereocenters. The van der Waals surface area contributed by atoms with Crippen molar-refractivity contribution >= 4 is 35.8 Å². The number of hydrogen-bond acceptors (Lipinski definition) is 3. The van der Waals surface area contributed by atoms with E-state index in [0.29, 0.717) is 35.9 Å². The van der Waals surface area contributed by atoms with E-state index in [1.54, 1.807) is 0 Å². The van der Waals surface area contributed by atoms with Crippen molar-refractivity contribution in [3.63, 3.8) is 0 Å². The Morgan fingerprint density at radius 1 is 1.27 bits per heavy atom. The molecule has 4 rings (SSSR count). The number of nitrogens with one attached hydrogen (secondary N) is 2. The van der Waals surface area contributed by atoms with E-state index in [9.17, 15) is 4.79 Å². The Kier molecular flexibility index (Phi) is 6.37. The van der Waals surface area contributed by atoms with Gasteiger partial charge in [-0.1, -0.05) is 19.8 Å². The van der Waals surface area contributed by atoms with Crippen LogP contribution >= 0.6 is 24.0 Å². The van der Waals surface area contributed by atoms with Crippen LogP contribution in [0.2, 0.25) is 0 Å². The highest BCUT2D eigenvalue weighted by Gasteiger charge is 2.65. The van der Waals surface area contributed by atoms with E-state index in [4.69, 9.17) is 4.74 Å². The van der Waals surface area contributed by atoms with Gasteiger partial charge in [-0.15, -0.1) is 24.0 Å². The average Bonchev–Trinajstić information content (AvgIpc) is 3.37. The third-order valence-electron chi connectivity index (χ3n) is 6.99. The van der Waals surface area contributed by atoms with Crippen LogP contribution in [0.15, 0.2) is 4.99 Å². The molecule has 4 aliphatic rings. The largest absolute Gasteiger partial charge is 0.377 e. The van der Waals surface area contributed by atoms with E-state index in [0.717, 1.165) is 32.1 Å². The summed E-state index contributed by atoms with van der Waals surface area (Å²) in [5.74, 6) is 1.79. The zero-order valence-corrected chi connectivity index (χ0v) is 18.3. The number of halogens is 1. The molecule has 2 saturated carbocycles. The van der Waals surface area contributed by atoms with Crippen LogP contribution in [0.5, 0.6) is 0 Å². The van der Waals surface area contributed by atoms with Crippen molar-refractivity contribution < 1.29 is 9.53 Å². The molecule has 2 aliphatic carbocycles. The second-order valence-electron chi connectivity index (χ2n) is 8.20. The number of likely N-dealkylation sites (tertiary alicyclic amines) is 1. The van der Waals surface area contributed by atoms with Crippen LogP contribution in [0, 0.1) is 11.3 Å². The standard InChI is InChI=1S/C19H32N4O2.HI/c1-3-15(24)23-10-6-13(12-23)21-18(20-2)22-16-14-7-11-25-17(14)19(16)8-4-5-9-19;/h13-14,16-17H,3-12H2,1-2H3,(H2,20,21,22);1H. The maximum atomic E-state index is 11.9. The Morgan fingerprint density at radius 2 is 2.04 bits per heavy atom. The van der Waals surface area contributed by atoms with Gasteiger partial charge in [0.05, 0.1) is 6.10 Å². The number of amides is 1. The van der Waals surface area contributed by atoms with Gasteiger partial charge in [0.15, 0.2) is 5.96 Å². The van der Waals surface area contributed by atoms with Crippen LogP contribution < -0.4 is 10.6 Å². The molecule has 4 atom stereocenters. The van der Waals surface area contributed by atoms with Crippen LogP contribution in [-0.4, -0.2) is 61.7 Å². The highest BCUT2D eigenvalue weighted by atomic mass is 127. The Bertz CT molecular complexity index is 550. The SMILES string of the molecule is CCC(=O)N1CCC(NC(=NC)NC2C3CCOC3C23CCCC3)C1.I. The number of aliphatic imine (C=N–C) groups is 1. The molecular formula is C19H33IN4O2. The lowest BCUT2D eigenvalue weighted by Crippen LogP contribution is -2.69. The Morgan fingerprint density at radius 3 is 2.73 bits per heavy atom. The number of ether oxygens (including phenoxy) is 1. The van der Waals surface area contributed by atoms with Gasteiger partial charge >= 0.3 is 0 Å². The molecule has 0 aromatic carbocycles. The zero-order chi connectivity index (χ0) is 17.4. The Hall–Kier alpha value is -0.570. The highest BCUT2D eigenvalue weighted by molar-refractivity contribution is 14.0. The molecule has 26 heavy (non-hydrogen) atoms. The third-order valence-corrected chi connectivity index (χ3v) is 6.99. The summed E-state index contributed by atoms with van der Waals surface area (Å²) >= 11 is 0. The lowest BCUT2D eigenvalue weighted by molar-refractivity contribution is -0.129. The van der Waals surface area contributed by atoms with Crippen LogP contribution in [0.3, 0.4) is 0 Å². The maximum Gasteiger partial charge on any atom is 0.222 e. The first-order chi connectivity index (χ1) is 12.2. The molecule has 2 aliphatic heterocycles. The predicted molar refractivity (Wildman–Crippen MR) is 113 cm³/mol. The number of hydrogen-bond donors (Lipinski definition) is 2. The van der Waals surface area contributed by atoms with E-state index in [2.05, 4.69) is 15.6 Å². The van der Waals surface area contributed by atoms with Gasteiger partial charge < -0.3 is 20.3 Å². The number of carbonyl (C=O) groups is 1. The van der Waals surface area contributed by atoms with Gasteiger partial charge in [-0.3, -0.25) is 9.79 Å². The molecular weight excluding hydrogens is 443 g/mol. The fourth-order valence-electron chi connectivity index (χ4n) is 5.74. The number of rotatable bonds is 3. The predicted octanol–water partition coefficient (Wildman–Crippen LogP) is 2.13. The fraction of sp³-hybridized carbons (Fsp3) is 0.895. The van der Waals surface area contributed by atoms with Crippen molar-refractivity contribution in [1.82, 2.24) is 15.5 Å². The number of carbonyl (C=O) groups excluding carboxylic acids is 1. The van der Waals surface area contributed by atoms with Gasteiger partial charge in [-0.2, -0.15) is 0 Å². The van der Waals surface area contributed by atoms with Crippen molar-refractivity contribution in [3.05, 3.63) is 0 Å². The lowest BCUT2D eigenvalue weighted by Gasteiger charge is -2.57. The smallest absolute Gasteiger partial charge is 0.222 e. The summed E-state index contributed by atoms with van der Waals surface area (Å²) in [6.45, 7) is 4.49. The monoisotopic (exact) mass is 476 g/mol. The van der Waals surface area contributed by atoms with Crippen molar-refractivity contribution in [1.29, 1.82) is 0 Å². The summed E-state index contributed by atoms with van der Waals surface area (Å²) < 4.78 is 6.08. The van der Waals surface area contributed by atoms with Gasteiger partial charge in [0.1, 0.15) is 0 Å². The fourth-order valence-corrected chi connectivity index (χ4v) is 5.74. The van der Waals surface area contributed by atoms with Crippen molar-refractivity contribution in [2.75, 3.05) is 26.7 Å². The Labute approximate surface area is 173 Å². The van der Waals surface area contributed by atoms with E-state index in [-0.39, 0.29) is 29.9 Å². The molecule has 2 heterocycles. The normalized spacial score (nSPS) is 35.0. The molecule has 4 fully saturated rings. The van der Waals surface area contributed by atoms with E-state index in [1.165, 1.54) is 32.1 Å². The number of guanidine groups is 1. The molecule has 0 aromatic heterocycles. The molecule has 0 bridgehead atoms. The van der Waals surface area contributed by atoms with Gasteiger partial charge in [0.2, 0.25) is 5.91 Å². The van der Waals surface area contributed by atoms with Gasteiger partial charge in [0, 0.05) is 56.6 Å². The summed E-state index contributed by atoms with van der Waals surface area (Å²) in [5, 5.41) is 7.31. The molecule has 2 N–H and O–H groups in total. The Balaban J connectivity index is 0.00000196. The second-order valence-corrected chi connectivity index (χ2v) is 8.20. The topological polar surface area (TPSA) is 66.0 Å². The molecule has 2 saturated heterocycles. The van der Waals surface area contributed by atoms with Gasteiger partial charge in [0.25, 0.3) is 0 Å². The lowest BCUT2D eigenvalue weighted by atomic mass is 9.54. The van der Waals surface area contributed by atoms with E-state index >= 15 is 0 Å². The average molecular weight is 476 g/mol. The molecule has 148 valence electrons.